The summed E-state index contributed by atoms with van der Waals surface area (Å²) in [6.45, 7) is 11.7. The fraction of sp³-hybridized carbons (Fsp3) is 0.333. The topological polar surface area (TPSA) is 52.6 Å². The number of carbonyl (C=O) groups is 2. The van der Waals surface area contributed by atoms with Gasteiger partial charge < -0.3 is 9.16 Å². The molecule has 2 aromatic carbocycles. The molecule has 0 heterocycles. The van der Waals surface area contributed by atoms with Crippen LogP contribution < -0.4 is 10.4 Å². The maximum Gasteiger partial charge on any atom is 0.333 e. The van der Waals surface area contributed by atoms with Crippen molar-refractivity contribution < 1.29 is 18.8 Å². The van der Waals surface area contributed by atoms with Gasteiger partial charge in [0.2, 0.25) is 0 Å². The molecule has 0 aliphatic carbocycles. The number of hydrogen-bond acceptors (Lipinski definition) is 4. The van der Waals surface area contributed by atoms with Crippen LogP contribution in [0.25, 0.3) is 0 Å². The second-order valence-corrected chi connectivity index (χ2v) is 12.4. The Balaban J connectivity index is 2.28. The van der Waals surface area contributed by atoms with Gasteiger partial charge in [0.15, 0.2) is 0 Å². The number of esters is 1. The van der Waals surface area contributed by atoms with Gasteiger partial charge in [0.25, 0.3) is 5.97 Å². The summed E-state index contributed by atoms with van der Waals surface area (Å²) in [5.41, 5.74) is 0.347. The fourth-order valence-electron chi connectivity index (χ4n) is 3.38. The molecule has 0 aliphatic heterocycles. The van der Waals surface area contributed by atoms with E-state index >= 15 is 0 Å². The van der Waals surface area contributed by atoms with Crippen LogP contribution in [0.5, 0.6) is 0 Å². The van der Waals surface area contributed by atoms with E-state index in [1.807, 2.05) is 60.7 Å². The molecule has 0 saturated carbocycles. The summed E-state index contributed by atoms with van der Waals surface area (Å²) in [6.07, 6.45) is 0.601. The number of ether oxygens (including phenoxy) is 1. The zero-order valence-corrected chi connectivity index (χ0v) is 18.7. The van der Waals surface area contributed by atoms with Gasteiger partial charge in [-0.3, -0.25) is 4.79 Å². The minimum absolute atomic E-state index is 0.168. The van der Waals surface area contributed by atoms with Crippen molar-refractivity contribution in [2.45, 2.75) is 45.6 Å². The molecule has 0 N–H and O–H groups in total. The van der Waals surface area contributed by atoms with Crippen molar-refractivity contribution in [3.05, 3.63) is 72.8 Å². The first-order valence-corrected chi connectivity index (χ1v) is 11.7. The fourth-order valence-corrected chi connectivity index (χ4v) is 7.75. The van der Waals surface area contributed by atoms with Crippen molar-refractivity contribution in [1.29, 1.82) is 0 Å². The van der Waals surface area contributed by atoms with Crippen molar-refractivity contribution in [3.63, 3.8) is 0 Å². The van der Waals surface area contributed by atoms with Crippen LogP contribution in [0.2, 0.25) is 5.04 Å². The molecular weight excluding hydrogens is 380 g/mol. The van der Waals surface area contributed by atoms with Crippen molar-refractivity contribution in [1.82, 2.24) is 0 Å². The van der Waals surface area contributed by atoms with Crippen LogP contribution in [0, 0.1) is 0 Å². The van der Waals surface area contributed by atoms with Crippen LogP contribution in [-0.2, 0) is 18.8 Å². The summed E-state index contributed by atoms with van der Waals surface area (Å²) >= 11 is 0. The summed E-state index contributed by atoms with van der Waals surface area (Å²) in [4.78, 5) is 24.4. The molecule has 29 heavy (non-hydrogen) atoms. The molecule has 0 atom stereocenters. The van der Waals surface area contributed by atoms with Gasteiger partial charge in [-0.25, -0.2) is 4.79 Å². The summed E-state index contributed by atoms with van der Waals surface area (Å²) in [5.74, 6) is -0.712. The van der Waals surface area contributed by atoms with E-state index in [0.717, 1.165) is 10.4 Å². The number of rotatable bonds is 8. The Bertz CT molecular complexity index is 799. The molecule has 2 aromatic rings. The lowest BCUT2D eigenvalue weighted by atomic mass is 10.2. The first-order chi connectivity index (χ1) is 13.7. The van der Waals surface area contributed by atoms with E-state index in [9.17, 15) is 9.59 Å². The van der Waals surface area contributed by atoms with E-state index in [2.05, 4.69) is 27.4 Å². The van der Waals surface area contributed by atoms with Crippen LogP contribution in [-0.4, -0.2) is 26.9 Å². The second-order valence-electron chi connectivity index (χ2n) is 8.16. The Morgan fingerprint density at radius 3 is 1.83 bits per heavy atom. The SMILES string of the molecule is C=C(C)C(=O)OCCCC(=O)O[Si](c1ccccc1)(c1ccccc1)C(C)(C)C. The molecule has 0 bridgehead atoms. The zero-order valence-electron chi connectivity index (χ0n) is 17.7. The number of benzene rings is 2. The van der Waals surface area contributed by atoms with E-state index in [4.69, 9.17) is 9.16 Å². The van der Waals surface area contributed by atoms with E-state index in [0.29, 0.717) is 12.0 Å². The van der Waals surface area contributed by atoms with Crippen LogP contribution in [0.1, 0.15) is 40.5 Å². The summed E-state index contributed by atoms with van der Waals surface area (Å²) in [5, 5.41) is 1.85. The second kappa shape index (κ2) is 9.70. The van der Waals surface area contributed by atoms with Crippen molar-refractivity contribution >= 4 is 30.6 Å². The van der Waals surface area contributed by atoms with Crippen molar-refractivity contribution in [3.8, 4) is 0 Å². The van der Waals surface area contributed by atoms with Gasteiger partial charge in [-0.15, -0.1) is 0 Å². The molecule has 0 aliphatic rings. The van der Waals surface area contributed by atoms with Crippen LogP contribution in [0.3, 0.4) is 0 Å². The maximum absolute atomic E-state index is 12.9. The lowest BCUT2D eigenvalue weighted by molar-refractivity contribution is -0.141. The summed E-state index contributed by atoms with van der Waals surface area (Å²) in [7, 11) is -2.88. The van der Waals surface area contributed by atoms with Gasteiger partial charge in [-0.1, -0.05) is 88.0 Å². The Labute approximate surface area is 174 Å². The lowest BCUT2D eigenvalue weighted by Crippen LogP contribution is -2.67. The quantitative estimate of drug-likeness (QED) is 0.286. The molecule has 2 rings (SSSR count). The predicted octanol–water partition coefficient (Wildman–Crippen LogP) is 3.99. The van der Waals surface area contributed by atoms with E-state index in [-0.39, 0.29) is 24.0 Å². The number of carbonyl (C=O) groups excluding carboxylic acids is 2. The van der Waals surface area contributed by atoms with Gasteiger partial charge >= 0.3 is 14.3 Å². The average Bonchev–Trinajstić information content (AvgIpc) is 2.69. The third-order valence-electron chi connectivity index (χ3n) is 4.79. The first-order valence-electron chi connectivity index (χ1n) is 9.84. The third kappa shape index (κ3) is 5.45. The van der Waals surface area contributed by atoms with E-state index in [1.54, 1.807) is 6.92 Å². The Morgan fingerprint density at radius 2 is 1.41 bits per heavy atom. The highest BCUT2D eigenvalue weighted by Crippen LogP contribution is 2.37. The molecule has 4 nitrogen and oxygen atoms in total. The number of hydrogen-bond donors (Lipinski definition) is 0. The van der Waals surface area contributed by atoms with Crippen molar-refractivity contribution in [2.24, 2.45) is 0 Å². The highest BCUT2D eigenvalue weighted by atomic mass is 28.4. The molecule has 0 unspecified atom stereocenters. The molecule has 0 fully saturated rings. The third-order valence-corrected chi connectivity index (χ3v) is 9.73. The largest absolute Gasteiger partial charge is 0.510 e. The molecule has 0 radical (unpaired) electrons. The highest BCUT2D eigenvalue weighted by molar-refractivity contribution is 7.00. The summed E-state index contributed by atoms with van der Waals surface area (Å²) < 4.78 is 11.5. The van der Waals surface area contributed by atoms with Gasteiger partial charge in [-0.05, 0) is 28.8 Å². The molecule has 0 aromatic heterocycles. The molecular formula is C24H30O4Si. The Hall–Kier alpha value is -2.66. The van der Waals surface area contributed by atoms with Crippen LogP contribution in [0.4, 0.5) is 0 Å². The molecule has 0 spiro atoms. The minimum Gasteiger partial charge on any atom is -0.510 e. The molecule has 154 valence electrons. The molecule has 5 heteroatoms. The average molecular weight is 411 g/mol. The van der Waals surface area contributed by atoms with Gasteiger partial charge in [-0.2, -0.15) is 0 Å². The lowest BCUT2D eigenvalue weighted by Gasteiger charge is -2.42. The van der Waals surface area contributed by atoms with Crippen LogP contribution >= 0.6 is 0 Å². The Kier molecular flexibility index (Phi) is 7.57. The van der Waals surface area contributed by atoms with E-state index < -0.39 is 14.3 Å². The molecule has 0 amide bonds. The normalized spacial score (nSPS) is 11.6. The summed E-state index contributed by atoms with van der Waals surface area (Å²) in [6, 6.07) is 20.1. The van der Waals surface area contributed by atoms with Gasteiger partial charge in [0, 0.05) is 12.0 Å². The van der Waals surface area contributed by atoms with Gasteiger partial charge in [0.1, 0.15) is 0 Å². The standard InChI is InChI=1S/C24H30O4Si/c1-19(2)23(26)27-18-12-17-22(25)28-29(24(3,4)5,20-13-8-6-9-14-20)21-15-10-7-11-16-21/h6-11,13-16H,1,12,17-18H2,2-5H3. The van der Waals surface area contributed by atoms with E-state index in [1.165, 1.54) is 0 Å². The maximum atomic E-state index is 12.9. The zero-order chi connectivity index (χ0) is 21.5. The minimum atomic E-state index is -2.88. The first kappa shape index (κ1) is 22.6. The predicted molar refractivity (Wildman–Crippen MR) is 119 cm³/mol. The monoisotopic (exact) mass is 410 g/mol. The Morgan fingerprint density at radius 1 is 0.931 bits per heavy atom. The smallest absolute Gasteiger partial charge is 0.333 e. The van der Waals surface area contributed by atoms with Crippen LogP contribution in [0.15, 0.2) is 72.8 Å². The van der Waals surface area contributed by atoms with Crippen molar-refractivity contribution in [2.75, 3.05) is 6.61 Å². The molecule has 0 saturated heterocycles. The van der Waals surface area contributed by atoms with Gasteiger partial charge in [0.05, 0.1) is 6.61 Å². The highest BCUT2D eigenvalue weighted by Gasteiger charge is 2.52.